The van der Waals surface area contributed by atoms with E-state index in [1.165, 1.54) is 11.8 Å². The molecule has 0 N–H and O–H groups in total. The predicted molar refractivity (Wildman–Crippen MR) is 94.7 cm³/mol. The number of hydrogen-bond donors (Lipinski definition) is 0. The smallest absolute Gasteiger partial charge is 0.270 e. The third kappa shape index (κ3) is 3.05. The first-order chi connectivity index (χ1) is 10.6. The number of allylic oxidation sites excluding steroid dienone is 2. The first-order valence-corrected chi connectivity index (χ1v) is 7.92. The number of rotatable bonds is 3. The van der Waals surface area contributed by atoms with Crippen molar-refractivity contribution in [3.63, 3.8) is 0 Å². The lowest BCUT2D eigenvalue weighted by Crippen LogP contribution is -2.27. The maximum Gasteiger partial charge on any atom is 0.270 e. The van der Waals surface area contributed by atoms with Gasteiger partial charge in [-0.15, -0.1) is 0 Å². The average Bonchev–Trinajstić information content (AvgIpc) is 3.08. The number of carbonyl (C=O) groups excluding carboxylic acids is 1. The summed E-state index contributed by atoms with van der Waals surface area (Å²) in [6, 6.07) is 11.4. The van der Waals surface area contributed by atoms with Crippen molar-refractivity contribution in [2.24, 2.45) is 0 Å². The third-order valence-corrected chi connectivity index (χ3v) is 4.43. The van der Waals surface area contributed by atoms with E-state index < -0.39 is 0 Å². The molecule has 22 heavy (non-hydrogen) atoms. The normalized spacial score (nSPS) is 17.1. The lowest BCUT2D eigenvalue weighted by Gasteiger charge is -2.14. The molecule has 2 aromatic rings. The van der Waals surface area contributed by atoms with Crippen molar-refractivity contribution in [1.82, 2.24) is 0 Å². The van der Waals surface area contributed by atoms with Crippen molar-refractivity contribution in [2.75, 3.05) is 4.90 Å². The number of benzene rings is 1. The maximum absolute atomic E-state index is 12.5. The number of nitrogens with zero attached hydrogens (tertiary/aromatic N) is 1. The lowest BCUT2D eigenvalue weighted by molar-refractivity contribution is -0.113. The van der Waals surface area contributed by atoms with Gasteiger partial charge < -0.3 is 4.42 Å². The number of carbonyl (C=O) groups is 1. The first-order valence-electron chi connectivity index (χ1n) is 6.70. The summed E-state index contributed by atoms with van der Waals surface area (Å²) in [5.74, 6) is 0.648. The van der Waals surface area contributed by atoms with E-state index in [0.717, 1.165) is 17.0 Å². The van der Waals surface area contributed by atoms with Crippen LogP contribution < -0.4 is 4.90 Å². The quantitative estimate of drug-likeness (QED) is 0.612. The molecule has 1 fully saturated rings. The Balaban J connectivity index is 1.82. The third-order valence-electron chi connectivity index (χ3n) is 3.10. The molecular formula is C17H13NO2S2. The molecule has 0 aliphatic carbocycles. The molecule has 1 aromatic heterocycles. The molecule has 2 heterocycles. The number of thiocarbonyl (C=S) groups is 1. The number of hydrogen-bond acceptors (Lipinski definition) is 4. The van der Waals surface area contributed by atoms with Crippen molar-refractivity contribution in [1.29, 1.82) is 0 Å². The monoisotopic (exact) mass is 327 g/mol. The van der Waals surface area contributed by atoms with Gasteiger partial charge in [-0.1, -0.05) is 42.2 Å². The Hall–Kier alpha value is -2.11. The Morgan fingerprint density at radius 3 is 2.86 bits per heavy atom. The Bertz CT molecular complexity index is 776. The van der Waals surface area contributed by atoms with E-state index in [0.29, 0.717) is 9.23 Å². The standard InChI is InChI=1S/C17H13NO2S2/c1-12-5-2-6-13(11-12)18-16(19)15(22-17(18)21)9-3-7-14-8-4-10-20-14/h2-11H,1H3/b7-3+,15-9-. The fraction of sp³-hybridized carbons (Fsp3) is 0.0588. The molecule has 0 radical (unpaired) electrons. The predicted octanol–water partition coefficient (Wildman–Crippen LogP) is 4.55. The van der Waals surface area contributed by atoms with Gasteiger partial charge in [-0.05, 0) is 48.9 Å². The molecule has 3 rings (SSSR count). The van der Waals surface area contributed by atoms with Gasteiger partial charge in [-0.3, -0.25) is 9.69 Å². The molecule has 0 spiro atoms. The van der Waals surface area contributed by atoms with Crippen molar-refractivity contribution >= 4 is 46.0 Å². The van der Waals surface area contributed by atoms with Crippen LogP contribution in [0.25, 0.3) is 6.08 Å². The fourth-order valence-electron chi connectivity index (χ4n) is 2.09. The van der Waals surface area contributed by atoms with Gasteiger partial charge in [0.2, 0.25) is 0 Å². The summed E-state index contributed by atoms with van der Waals surface area (Å²) < 4.78 is 5.76. The van der Waals surface area contributed by atoms with Crippen molar-refractivity contribution < 1.29 is 9.21 Å². The molecule has 0 unspecified atom stereocenters. The molecule has 0 saturated carbocycles. The average molecular weight is 327 g/mol. The van der Waals surface area contributed by atoms with Crippen molar-refractivity contribution in [3.05, 3.63) is 71.0 Å². The van der Waals surface area contributed by atoms with Gasteiger partial charge in [0.05, 0.1) is 16.9 Å². The summed E-state index contributed by atoms with van der Waals surface area (Å²) in [6.07, 6.45) is 6.97. The number of aryl methyl sites for hydroxylation is 1. The number of thioether (sulfide) groups is 1. The van der Waals surface area contributed by atoms with Gasteiger partial charge in [0.15, 0.2) is 4.32 Å². The topological polar surface area (TPSA) is 33.5 Å². The summed E-state index contributed by atoms with van der Waals surface area (Å²) in [4.78, 5) is 14.7. The SMILES string of the molecule is Cc1cccc(N2C(=O)/C(=C/C=C/c3ccco3)SC2=S)c1. The second kappa shape index (κ2) is 6.34. The Kier molecular flexibility index (Phi) is 4.27. The zero-order valence-corrected chi connectivity index (χ0v) is 13.5. The summed E-state index contributed by atoms with van der Waals surface area (Å²) in [5, 5.41) is 0. The highest BCUT2D eigenvalue weighted by Crippen LogP contribution is 2.35. The molecule has 0 atom stereocenters. The number of furan rings is 1. The van der Waals surface area contributed by atoms with E-state index in [-0.39, 0.29) is 5.91 Å². The molecule has 110 valence electrons. The van der Waals surface area contributed by atoms with Crippen LogP contribution in [0.2, 0.25) is 0 Å². The molecule has 1 amide bonds. The van der Waals surface area contributed by atoms with Crippen LogP contribution in [0.3, 0.4) is 0 Å². The number of anilines is 1. The summed E-state index contributed by atoms with van der Waals surface area (Å²) in [5.41, 5.74) is 1.90. The highest BCUT2D eigenvalue weighted by molar-refractivity contribution is 8.27. The largest absolute Gasteiger partial charge is 0.465 e. The summed E-state index contributed by atoms with van der Waals surface area (Å²) >= 11 is 6.64. The zero-order valence-electron chi connectivity index (χ0n) is 11.9. The van der Waals surface area contributed by atoms with Crippen LogP contribution in [0.5, 0.6) is 0 Å². The molecular weight excluding hydrogens is 314 g/mol. The van der Waals surface area contributed by atoms with Gasteiger partial charge in [0, 0.05) is 0 Å². The Morgan fingerprint density at radius 2 is 2.14 bits per heavy atom. The van der Waals surface area contributed by atoms with E-state index >= 15 is 0 Å². The van der Waals surface area contributed by atoms with Crippen LogP contribution in [0, 0.1) is 6.92 Å². The van der Waals surface area contributed by atoms with E-state index in [9.17, 15) is 4.79 Å². The Morgan fingerprint density at radius 1 is 1.27 bits per heavy atom. The van der Waals surface area contributed by atoms with E-state index in [2.05, 4.69) is 0 Å². The molecule has 1 aliphatic heterocycles. The van der Waals surface area contributed by atoms with Crippen LogP contribution in [0.15, 0.2) is 64.1 Å². The second-order valence-corrected chi connectivity index (χ2v) is 6.43. The minimum Gasteiger partial charge on any atom is -0.465 e. The van der Waals surface area contributed by atoms with Crippen molar-refractivity contribution in [2.45, 2.75) is 6.92 Å². The van der Waals surface area contributed by atoms with Crippen LogP contribution in [0.4, 0.5) is 5.69 Å². The molecule has 3 nitrogen and oxygen atoms in total. The molecule has 1 aliphatic rings. The zero-order chi connectivity index (χ0) is 15.5. The summed E-state index contributed by atoms with van der Waals surface area (Å²) in [7, 11) is 0. The number of amides is 1. The van der Waals surface area contributed by atoms with Gasteiger partial charge in [0.25, 0.3) is 5.91 Å². The molecule has 1 saturated heterocycles. The van der Waals surface area contributed by atoms with Crippen molar-refractivity contribution in [3.8, 4) is 0 Å². The van der Waals surface area contributed by atoms with Crippen LogP contribution in [-0.4, -0.2) is 10.2 Å². The minimum absolute atomic E-state index is 0.0929. The van der Waals surface area contributed by atoms with E-state index in [4.69, 9.17) is 16.6 Å². The summed E-state index contributed by atoms with van der Waals surface area (Å²) in [6.45, 7) is 1.99. The highest BCUT2D eigenvalue weighted by atomic mass is 32.2. The second-order valence-electron chi connectivity index (χ2n) is 4.75. The first kappa shape index (κ1) is 14.8. The van der Waals surface area contributed by atoms with Gasteiger partial charge in [-0.2, -0.15) is 0 Å². The van der Waals surface area contributed by atoms with Crippen LogP contribution >= 0.6 is 24.0 Å². The van der Waals surface area contributed by atoms with Crippen LogP contribution in [-0.2, 0) is 4.79 Å². The van der Waals surface area contributed by atoms with E-state index in [1.54, 1.807) is 29.4 Å². The van der Waals surface area contributed by atoms with Crippen LogP contribution in [0.1, 0.15) is 11.3 Å². The highest BCUT2D eigenvalue weighted by Gasteiger charge is 2.32. The van der Waals surface area contributed by atoms with Gasteiger partial charge in [-0.25, -0.2) is 0 Å². The molecule has 0 bridgehead atoms. The van der Waals surface area contributed by atoms with Gasteiger partial charge >= 0.3 is 0 Å². The Labute approximate surface area is 138 Å². The van der Waals surface area contributed by atoms with Gasteiger partial charge in [0.1, 0.15) is 5.76 Å². The fourth-order valence-corrected chi connectivity index (χ4v) is 3.34. The molecule has 5 heteroatoms. The molecule has 1 aromatic carbocycles. The minimum atomic E-state index is -0.0929. The maximum atomic E-state index is 12.5. The lowest BCUT2D eigenvalue weighted by atomic mass is 10.2. The van der Waals surface area contributed by atoms with E-state index in [1.807, 2.05) is 43.3 Å².